The normalized spacial score (nSPS) is 26.3. The van der Waals surface area contributed by atoms with E-state index < -0.39 is 23.0 Å². The summed E-state index contributed by atoms with van der Waals surface area (Å²) >= 11 is 0. The van der Waals surface area contributed by atoms with Gasteiger partial charge in [-0.3, -0.25) is 9.59 Å². The van der Waals surface area contributed by atoms with Crippen LogP contribution in [0.4, 0.5) is 0 Å². The first-order valence-corrected chi connectivity index (χ1v) is 5.29. The first-order valence-electron chi connectivity index (χ1n) is 5.29. The van der Waals surface area contributed by atoms with E-state index >= 15 is 0 Å². The molecule has 3 heteroatoms. The summed E-state index contributed by atoms with van der Waals surface area (Å²) in [5.74, 6) is 0.0372. The van der Waals surface area contributed by atoms with Gasteiger partial charge >= 0.3 is 0 Å². The van der Waals surface area contributed by atoms with E-state index in [0.29, 0.717) is 0 Å². The van der Waals surface area contributed by atoms with Gasteiger partial charge in [0.05, 0.1) is 0 Å². The van der Waals surface area contributed by atoms with Crippen molar-refractivity contribution in [2.45, 2.75) is 53.8 Å². The van der Waals surface area contributed by atoms with Crippen LogP contribution >= 0.6 is 0 Å². The molecule has 1 saturated heterocycles. The van der Waals surface area contributed by atoms with Crippen LogP contribution in [0.25, 0.3) is 0 Å². The second-order valence-electron chi connectivity index (χ2n) is 6.21. The van der Waals surface area contributed by atoms with Crippen molar-refractivity contribution in [2.24, 2.45) is 10.8 Å². The highest BCUT2D eigenvalue weighted by molar-refractivity contribution is 6.00. The van der Waals surface area contributed by atoms with Gasteiger partial charge in [-0.05, 0) is 0 Å². The first-order chi connectivity index (χ1) is 6.55. The van der Waals surface area contributed by atoms with E-state index in [0.717, 1.165) is 0 Å². The van der Waals surface area contributed by atoms with E-state index in [1.807, 2.05) is 41.5 Å². The van der Waals surface area contributed by atoms with Crippen molar-refractivity contribution in [1.29, 1.82) is 0 Å². The highest BCUT2D eigenvalue weighted by atomic mass is 16.6. The number of carbonyl (C=O) groups excluding carboxylic acids is 2. The molecule has 1 rings (SSSR count). The van der Waals surface area contributed by atoms with Gasteiger partial charge in [-0.1, -0.05) is 41.5 Å². The summed E-state index contributed by atoms with van der Waals surface area (Å²) in [6.07, 6.45) is -1.01. The van der Waals surface area contributed by atoms with Crippen molar-refractivity contribution in [3.05, 3.63) is 0 Å². The predicted octanol–water partition coefficient (Wildman–Crippen LogP) is 1.98. The van der Waals surface area contributed by atoms with Crippen LogP contribution in [0.2, 0.25) is 0 Å². The summed E-state index contributed by atoms with van der Waals surface area (Å²) in [5.41, 5.74) is -0.866. The molecule has 0 amide bonds. The van der Waals surface area contributed by atoms with Crippen molar-refractivity contribution in [3.63, 3.8) is 0 Å². The van der Waals surface area contributed by atoms with Gasteiger partial charge in [0.25, 0.3) is 0 Å². The van der Waals surface area contributed by atoms with Crippen LogP contribution in [0, 0.1) is 10.8 Å². The zero-order valence-electron chi connectivity index (χ0n) is 10.4. The Balaban J connectivity index is 2.63. The summed E-state index contributed by atoms with van der Waals surface area (Å²) in [7, 11) is 0. The van der Waals surface area contributed by atoms with Crippen molar-refractivity contribution < 1.29 is 14.3 Å². The van der Waals surface area contributed by atoms with Crippen molar-refractivity contribution in [2.75, 3.05) is 0 Å². The molecule has 1 heterocycles. The van der Waals surface area contributed by atoms with E-state index in [9.17, 15) is 9.59 Å². The largest absolute Gasteiger partial charge is 0.353 e. The Morgan fingerprint density at radius 3 is 1.27 bits per heavy atom. The second kappa shape index (κ2) is 3.41. The molecule has 1 aliphatic heterocycles. The van der Waals surface area contributed by atoms with E-state index in [-0.39, 0.29) is 11.6 Å². The molecule has 0 bridgehead atoms. The molecule has 0 aliphatic carbocycles. The fourth-order valence-electron chi connectivity index (χ4n) is 1.36. The van der Waals surface area contributed by atoms with E-state index in [1.165, 1.54) is 0 Å². The lowest BCUT2D eigenvalue weighted by atomic mass is 9.83. The highest BCUT2D eigenvalue weighted by Crippen LogP contribution is 2.35. The monoisotopic (exact) mass is 212 g/mol. The number of hydrogen-bond acceptors (Lipinski definition) is 3. The fraction of sp³-hybridized carbons (Fsp3) is 0.833. The number of ketones is 2. The molecular weight excluding hydrogens is 192 g/mol. The standard InChI is InChI=1S/C12H20O3/c1-11(2,3)9(13)7-8(15-7)10(14)12(4,5)6/h7-8H,1-6H3. The number of ether oxygens (including phenoxy) is 1. The van der Waals surface area contributed by atoms with Crippen LogP contribution < -0.4 is 0 Å². The summed E-state index contributed by atoms with van der Waals surface area (Å²) in [4.78, 5) is 23.6. The van der Waals surface area contributed by atoms with E-state index in [2.05, 4.69) is 0 Å². The lowest BCUT2D eigenvalue weighted by Gasteiger charge is -2.16. The number of rotatable bonds is 2. The van der Waals surface area contributed by atoms with Gasteiger partial charge in [0.15, 0.2) is 23.8 Å². The van der Waals surface area contributed by atoms with Gasteiger partial charge in [0, 0.05) is 10.8 Å². The molecule has 0 saturated carbocycles. The molecule has 3 nitrogen and oxygen atoms in total. The maximum absolute atomic E-state index is 11.8. The quantitative estimate of drug-likeness (QED) is 0.657. The minimum Gasteiger partial charge on any atom is -0.353 e. The van der Waals surface area contributed by atoms with Crippen LogP contribution in [-0.4, -0.2) is 23.8 Å². The van der Waals surface area contributed by atoms with Crippen molar-refractivity contribution >= 4 is 11.6 Å². The topological polar surface area (TPSA) is 46.7 Å². The minimum absolute atomic E-state index is 0.0186. The summed E-state index contributed by atoms with van der Waals surface area (Å²) < 4.78 is 5.19. The van der Waals surface area contributed by atoms with Gasteiger partial charge in [-0.15, -0.1) is 0 Å². The molecule has 1 aliphatic rings. The predicted molar refractivity (Wildman–Crippen MR) is 57.6 cm³/mol. The van der Waals surface area contributed by atoms with Crippen molar-refractivity contribution in [3.8, 4) is 0 Å². The Morgan fingerprint density at radius 1 is 0.800 bits per heavy atom. The Labute approximate surface area is 91.2 Å². The number of epoxide rings is 1. The Kier molecular flexibility index (Phi) is 2.81. The molecular formula is C12H20O3. The van der Waals surface area contributed by atoms with Crippen LogP contribution in [-0.2, 0) is 14.3 Å². The maximum Gasteiger partial charge on any atom is 0.170 e. The fourth-order valence-corrected chi connectivity index (χ4v) is 1.36. The molecule has 86 valence electrons. The number of carbonyl (C=O) groups is 2. The highest BCUT2D eigenvalue weighted by Gasteiger charge is 2.54. The minimum atomic E-state index is -0.503. The van der Waals surface area contributed by atoms with Crippen molar-refractivity contribution in [1.82, 2.24) is 0 Å². The average molecular weight is 212 g/mol. The smallest absolute Gasteiger partial charge is 0.170 e. The van der Waals surface area contributed by atoms with Crippen LogP contribution in [0.15, 0.2) is 0 Å². The van der Waals surface area contributed by atoms with Gasteiger partial charge in [-0.25, -0.2) is 0 Å². The van der Waals surface area contributed by atoms with E-state index in [1.54, 1.807) is 0 Å². The van der Waals surface area contributed by atoms with Crippen LogP contribution in [0.1, 0.15) is 41.5 Å². The third-order valence-corrected chi connectivity index (χ3v) is 2.49. The van der Waals surface area contributed by atoms with Crippen LogP contribution in [0.3, 0.4) is 0 Å². The average Bonchev–Trinajstić information content (AvgIpc) is 2.76. The summed E-state index contributed by atoms with van der Waals surface area (Å²) in [6.45, 7) is 11.1. The number of Topliss-reactive ketones (excluding diaryl/α,β-unsaturated/α-hetero) is 2. The number of hydrogen-bond donors (Lipinski definition) is 0. The molecule has 15 heavy (non-hydrogen) atoms. The van der Waals surface area contributed by atoms with Crippen LogP contribution in [0.5, 0.6) is 0 Å². The molecule has 0 aromatic rings. The molecule has 1 fully saturated rings. The third kappa shape index (κ3) is 2.65. The first kappa shape index (κ1) is 12.4. The van der Waals surface area contributed by atoms with Gasteiger partial charge < -0.3 is 4.74 Å². The molecule has 0 aromatic carbocycles. The van der Waals surface area contributed by atoms with Gasteiger partial charge in [0.1, 0.15) is 0 Å². The lowest BCUT2D eigenvalue weighted by Crippen LogP contribution is -2.32. The van der Waals surface area contributed by atoms with E-state index in [4.69, 9.17) is 4.74 Å². The Hall–Kier alpha value is -0.700. The Bertz CT molecular complexity index is 261. The van der Waals surface area contributed by atoms with Gasteiger partial charge in [-0.2, -0.15) is 0 Å². The molecule has 0 N–H and O–H groups in total. The molecule has 0 spiro atoms. The molecule has 0 aromatic heterocycles. The Morgan fingerprint density at radius 2 is 1.07 bits per heavy atom. The molecule has 2 unspecified atom stereocenters. The maximum atomic E-state index is 11.8. The zero-order chi connectivity index (χ0) is 12.0. The molecule has 0 radical (unpaired) electrons. The second-order valence-corrected chi connectivity index (χ2v) is 6.21. The summed E-state index contributed by atoms with van der Waals surface area (Å²) in [5, 5.41) is 0. The SMILES string of the molecule is CC(C)(C)C(=O)C1OC1C(=O)C(C)(C)C. The zero-order valence-corrected chi connectivity index (χ0v) is 10.4. The van der Waals surface area contributed by atoms with Gasteiger partial charge in [0.2, 0.25) is 0 Å². The lowest BCUT2D eigenvalue weighted by molar-refractivity contribution is -0.129. The summed E-state index contributed by atoms with van der Waals surface area (Å²) in [6, 6.07) is 0. The third-order valence-electron chi connectivity index (χ3n) is 2.49. The molecule has 2 atom stereocenters.